The Kier molecular flexibility index (Phi) is 4.72. The Labute approximate surface area is 100 Å². The number of hydrogen-bond acceptors (Lipinski definition) is 3. The van der Waals surface area contributed by atoms with Gasteiger partial charge in [-0.05, 0) is 18.6 Å². The number of nitrogens with zero attached hydrogens (tertiary/aromatic N) is 1. The lowest BCUT2D eigenvalue weighted by Crippen LogP contribution is -2.27. The van der Waals surface area contributed by atoms with Crippen molar-refractivity contribution in [2.24, 2.45) is 4.99 Å². The molecule has 0 radical (unpaired) electrons. The fourth-order valence-corrected chi connectivity index (χ4v) is 1.53. The van der Waals surface area contributed by atoms with Crippen LogP contribution in [0, 0.1) is 0 Å². The van der Waals surface area contributed by atoms with Crippen molar-refractivity contribution >= 4 is 35.5 Å². The van der Waals surface area contributed by atoms with E-state index in [1.54, 1.807) is 0 Å². The second kappa shape index (κ2) is 5.83. The highest BCUT2D eigenvalue weighted by atomic mass is 35.5. The zero-order valence-electron chi connectivity index (χ0n) is 8.16. The highest BCUT2D eigenvalue weighted by Crippen LogP contribution is 2.19. The molecule has 15 heavy (non-hydrogen) atoms. The first-order chi connectivity index (χ1) is 6.86. The molecule has 0 saturated carbocycles. The molecule has 0 amide bonds. The zero-order chi connectivity index (χ0) is 9.80. The summed E-state index contributed by atoms with van der Waals surface area (Å²) in [5.74, 6) is 1.00. The minimum Gasteiger partial charge on any atom is -0.298 e. The van der Waals surface area contributed by atoms with Gasteiger partial charge in [0.15, 0.2) is 0 Å². The predicted molar refractivity (Wildman–Crippen MR) is 67.0 cm³/mol. The van der Waals surface area contributed by atoms with Crippen molar-refractivity contribution in [2.45, 2.75) is 12.8 Å². The van der Waals surface area contributed by atoms with Gasteiger partial charge in [-0.2, -0.15) is 0 Å². The molecule has 0 spiro atoms. The summed E-state index contributed by atoms with van der Waals surface area (Å²) >= 11 is 5.97. The molecule has 5 heteroatoms. The minimum atomic E-state index is 0. The van der Waals surface area contributed by atoms with Gasteiger partial charge in [0.25, 0.3) is 0 Å². The van der Waals surface area contributed by atoms with Crippen LogP contribution in [0.15, 0.2) is 29.3 Å². The van der Waals surface area contributed by atoms with Gasteiger partial charge < -0.3 is 0 Å². The lowest BCUT2D eigenvalue weighted by Gasteiger charge is -2.10. The summed E-state index contributed by atoms with van der Waals surface area (Å²) in [4.78, 5) is 4.28. The van der Waals surface area contributed by atoms with Gasteiger partial charge in [-0.15, -0.1) is 12.4 Å². The van der Waals surface area contributed by atoms with Crippen LogP contribution in [-0.4, -0.2) is 12.4 Å². The number of hydrazine groups is 1. The molecule has 0 aromatic heterocycles. The number of aliphatic imine (C=N–C) groups is 1. The molecular weight excluding hydrogens is 233 g/mol. The number of hydrogen-bond donors (Lipinski definition) is 2. The van der Waals surface area contributed by atoms with Crippen molar-refractivity contribution in [1.82, 2.24) is 5.43 Å². The average molecular weight is 246 g/mol. The standard InChI is InChI=1S/C10H12ClN3.ClH/c11-8-4-1-2-5-9(8)13-14-10-6-3-7-12-10;/h1-2,4-5,13H,3,6-7H2,(H,12,14);1H. The summed E-state index contributed by atoms with van der Waals surface area (Å²) in [5.41, 5.74) is 6.97. The van der Waals surface area contributed by atoms with Crippen molar-refractivity contribution in [3.63, 3.8) is 0 Å². The molecule has 2 N–H and O–H groups in total. The molecule has 0 bridgehead atoms. The molecule has 1 aliphatic heterocycles. The molecule has 1 aromatic carbocycles. The van der Waals surface area contributed by atoms with E-state index in [4.69, 9.17) is 11.6 Å². The van der Waals surface area contributed by atoms with Crippen molar-refractivity contribution in [1.29, 1.82) is 0 Å². The molecule has 0 unspecified atom stereocenters. The zero-order valence-corrected chi connectivity index (χ0v) is 9.74. The van der Waals surface area contributed by atoms with E-state index in [9.17, 15) is 0 Å². The Morgan fingerprint density at radius 2 is 2.00 bits per heavy atom. The Balaban J connectivity index is 0.00000112. The van der Waals surface area contributed by atoms with E-state index in [1.165, 1.54) is 0 Å². The third-order valence-corrected chi connectivity index (χ3v) is 2.42. The smallest absolute Gasteiger partial charge is 0.115 e. The molecule has 1 aliphatic rings. The van der Waals surface area contributed by atoms with E-state index in [0.29, 0.717) is 5.02 Å². The van der Waals surface area contributed by atoms with Gasteiger partial charge in [0.1, 0.15) is 5.84 Å². The van der Waals surface area contributed by atoms with Crippen LogP contribution in [0.1, 0.15) is 12.8 Å². The van der Waals surface area contributed by atoms with Crippen LogP contribution in [0.2, 0.25) is 5.02 Å². The first kappa shape index (κ1) is 12.1. The number of anilines is 1. The molecule has 1 heterocycles. The minimum absolute atomic E-state index is 0. The molecular formula is C10H13Cl2N3. The Bertz CT molecular complexity index is 352. The van der Waals surface area contributed by atoms with E-state index in [0.717, 1.165) is 30.9 Å². The van der Waals surface area contributed by atoms with Gasteiger partial charge in [0, 0.05) is 13.0 Å². The van der Waals surface area contributed by atoms with Gasteiger partial charge in [0.2, 0.25) is 0 Å². The lowest BCUT2D eigenvalue weighted by atomic mass is 10.3. The summed E-state index contributed by atoms with van der Waals surface area (Å²) in [6, 6.07) is 7.61. The van der Waals surface area contributed by atoms with E-state index in [2.05, 4.69) is 15.8 Å². The molecule has 0 atom stereocenters. The molecule has 3 nitrogen and oxygen atoms in total. The maximum Gasteiger partial charge on any atom is 0.115 e. The van der Waals surface area contributed by atoms with Gasteiger partial charge in [-0.25, -0.2) is 0 Å². The predicted octanol–water partition coefficient (Wildman–Crippen LogP) is 2.87. The van der Waals surface area contributed by atoms with E-state index in [1.807, 2.05) is 24.3 Å². The van der Waals surface area contributed by atoms with E-state index >= 15 is 0 Å². The molecule has 82 valence electrons. The maximum absolute atomic E-state index is 5.97. The molecule has 0 fully saturated rings. The van der Waals surface area contributed by atoms with Crippen molar-refractivity contribution < 1.29 is 0 Å². The van der Waals surface area contributed by atoms with Crippen LogP contribution in [0.25, 0.3) is 0 Å². The highest BCUT2D eigenvalue weighted by Gasteiger charge is 2.05. The van der Waals surface area contributed by atoms with Crippen LogP contribution < -0.4 is 10.9 Å². The van der Waals surface area contributed by atoms with Crippen LogP contribution in [-0.2, 0) is 0 Å². The van der Waals surface area contributed by atoms with Gasteiger partial charge in [0.05, 0.1) is 10.7 Å². The summed E-state index contributed by atoms with van der Waals surface area (Å²) in [7, 11) is 0. The van der Waals surface area contributed by atoms with Gasteiger partial charge >= 0.3 is 0 Å². The number of para-hydroxylation sites is 1. The number of nitrogens with one attached hydrogen (secondary N) is 2. The maximum atomic E-state index is 5.97. The lowest BCUT2D eigenvalue weighted by molar-refractivity contribution is 0.944. The number of rotatable bonds is 2. The van der Waals surface area contributed by atoms with E-state index in [-0.39, 0.29) is 12.4 Å². The molecule has 0 aliphatic carbocycles. The summed E-state index contributed by atoms with van der Waals surface area (Å²) in [5, 5.41) is 0.707. The summed E-state index contributed by atoms with van der Waals surface area (Å²) < 4.78 is 0. The fourth-order valence-electron chi connectivity index (χ4n) is 1.34. The molecule has 1 aromatic rings. The first-order valence-electron chi connectivity index (χ1n) is 4.66. The van der Waals surface area contributed by atoms with Crippen LogP contribution in [0.5, 0.6) is 0 Å². The van der Waals surface area contributed by atoms with E-state index < -0.39 is 0 Å². The van der Waals surface area contributed by atoms with Crippen LogP contribution in [0.3, 0.4) is 0 Å². The number of benzene rings is 1. The second-order valence-corrected chi connectivity index (χ2v) is 3.57. The molecule has 2 rings (SSSR count). The van der Waals surface area contributed by atoms with Gasteiger partial charge in [-0.1, -0.05) is 23.7 Å². The number of halogens is 2. The summed E-state index contributed by atoms with van der Waals surface area (Å²) in [6.45, 7) is 0.923. The SMILES string of the molecule is Cl.Clc1ccccc1NNC1=NCCC1. The Morgan fingerprint density at radius 3 is 2.67 bits per heavy atom. The van der Waals surface area contributed by atoms with Crippen LogP contribution in [0.4, 0.5) is 5.69 Å². The Hall–Kier alpha value is -0.930. The molecule has 0 saturated heterocycles. The monoisotopic (exact) mass is 245 g/mol. The van der Waals surface area contributed by atoms with Gasteiger partial charge in [-0.3, -0.25) is 15.8 Å². The third-order valence-electron chi connectivity index (χ3n) is 2.09. The average Bonchev–Trinajstić information content (AvgIpc) is 2.69. The number of amidine groups is 1. The topological polar surface area (TPSA) is 36.4 Å². The van der Waals surface area contributed by atoms with Crippen LogP contribution >= 0.6 is 24.0 Å². The summed E-state index contributed by atoms with van der Waals surface area (Å²) in [6.07, 6.45) is 2.14. The first-order valence-corrected chi connectivity index (χ1v) is 5.04. The fraction of sp³-hybridized carbons (Fsp3) is 0.300. The Morgan fingerprint density at radius 1 is 1.20 bits per heavy atom. The third kappa shape index (κ3) is 3.29. The van der Waals surface area contributed by atoms with Crippen molar-refractivity contribution in [2.75, 3.05) is 12.0 Å². The normalized spacial score (nSPS) is 14.1. The van der Waals surface area contributed by atoms with Crippen molar-refractivity contribution in [3.05, 3.63) is 29.3 Å². The highest BCUT2D eigenvalue weighted by molar-refractivity contribution is 6.33. The second-order valence-electron chi connectivity index (χ2n) is 3.16. The quantitative estimate of drug-likeness (QED) is 0.787. The van der Waals surface area contributed by atoms with Crippen molar-refractivity contribution in [3.8, 4) is 0 Å². The largest absolute Gasteiger partial charge is 0.298 e.